The smallest absolute Gasteiger partial charge is 0.270 e. The van der Waals surface area contributed by atoms with Crippen molar-refractivity contribution in [1.29, 1.82) is 0 Å². The average molecular weight is 566 g/mol. The number of carbonyl (C=O) groups is 3. The highest BCUT2D eigenvalue weighted by Gasteiger charge is 2.36. The lowest BCUT2D eigenvalue weighted by molar-refractivity contribution is -0.127. The molecule has 1 fully saturated rings. The molecule has 0 spiro atoms. The summed E-state index contributed by atoms with van der Waals surface area (Å²) in [6, 6.07) is 11.3. The molecule has 0 bridgehead atoms. The summed E-state index contributed by atoms with van der Waals surface area (Å²) >= 11 is 0.774. The lowest BCUT2D eigenvalue weighted by Gasteiger charge is -2.33. The summed E-state index contributed by atoms with van der Waals surface area (Å²) in [4.78, 5) is 41.5. The minimum Gasteiger partial charge on any atom is -0.497 e. The van der Waals surface area contributed by atoms with Gasteiger partial charge >= 0.3 is 0 Å². The van der Waals surface area contributed by atoms with E-state index in [-0.39, 0.29) is 41.5 Å². The molecule has 3 amide bonds. The van der Waals surface area contributed by atoms with Gasteiger partial charge in [-0.3, -0.25) is 14.4 Å². The number of ether oxygens (including phenoxy) is 3. The average Bonchev–Trinajstić information content (AvgIpc) is 3.59. The Morgan fingerprint density at radius 1 is 1.10 bits per heavy atom. The molecule has 0 radical (unpaired) electrons. The molecule has 0 saturated heterocycles. The van der Waals surface area contributed by atoms with Crippen LogP contribution in [0, 0.1) is 0 Å². The largest absolute Gasteiger partial charge is 0.497 e. The van der Waals surface area contributed by atoms with Gasteiger partial charge in [0.2, 0.25) is 12.7 Å². The van der Waals surface area contributed by atoms with Crippen molar-refractivity contribution in [1.82, 2.24) is 14.6 Å². The minimum absolute atomic E-state index is 0.0134. The van der Waals surface area contributed by atoms with Crippen molar-refractivity contribution in [2.24, 2.45) is 5.73 Å². The Kier molecular flexibility index (Phi) is 8.06. The molecule has 3 aromatic rings. The number of methoxy groups -OCH3 is 1. The summed E-state index contributed by atoms with van der Waals surface area (Å²) in [6.45, 7) is 0.139. The fourth-order valence-corrected chi connectivity index (χ4v) is 5.82. The van der Waals surface area contributed by atoms with Crippen molar-refractivity contribution in [3.05, 3.63) is 64.2 Å². The van der Waals surface area contributed by atoms with Crippen molar-refractivity contribution in [3.8, 4) is 17.2 Å². The third kappa shape index (κ3) is 5.67. The number of rotatable bonds is 9. The van der Waals surface area contributed by atoms with Crippen LogP contribution in [0.2, 0.25) is 0 Å². The van der Waals surface area contributed by atoms with Crippen molar-refractivity contribution >= 4 is 34.9 Å². The van der Waals surface area contributed by atoms with Crippen LogP contribution < -0.4 is 31.0 Å². The lowest BCUT2D eigenvalue weighted by Crippen LogP contribution is -2.46. The predicted molar refractivity (Wildman–Crippen MR) is 148 cm³/mol. The van der Waals surface area contributed by atoms with Gasteiger partial charge < -0.3 is 35.9 Å². The highest BCUT2D eigenvalue weighted by Crippen LogP contribution is 2.35. The molecule has 11 nitrogen and oxygen atoms in total. The van der Waals surface area contributed by atoms with E-state index in [1.165, 1.54) is 4.90 Å². The molecule has 5 rings (SSSR count). The van der Waals surface area contributed by atoms with Crippen molar-refractivity contribution in [2.75, 3.05) is 19.6 Å². The van der Waals surface area contributed by atoms with Gasteiger partial charge in [-0.15, -0.1) is 0 Å². The number of carbonyl (C=O) groups excluding carboxylic acids is 3. The van der Waals surface area contributed by atoms with Gasteiger partial charge in [-0.1, -0.05) is 37.5 Å². The van der Waals surface area contributed by atoms with Crippen LogP contribution in [0.4, 0.5) is 5.69 Å². The van der Waals surface area contributed by atoms with Crippen LogP contribution in [-0.4, -0.2) is 46.9 Å². The second kappa shape index (κ2) is 11.8. The van der Waals surface area contributed by atoms with E-state index in [1.807, 2.05) is 6.07 Å². The maximum atomic E-state index is 14.2. The first-order chi connectivity index (χ1) is 19.4. The summed E-state index contributed by atoms with van der Waals surface area (Å²) in [7, 11) is 1.56. The van der Waals surface area contributed by atoms with Crippen LogP contribution in [0.5, 0.6) is 17.2 Å². The van der Waals surface area contributed by atoms with Gasteiger partial charge in [0, 0.05) is 12.6 Å². The zero-order valence-electron chi connectivity index (χ0n) is 22.1. The van der Waals surface area contributed by atoms with Crippen molar-refractivity contribution < 1.29 is 28.6 Å². The number of fused-ring (bicyclic) bond motifs is 1. The molecule has 210 valence electrons. The molecule has 2 aliphatic rings. The maximum absolute atomic E-state index is 14.2. The first-order valence-electron chi connectivity index (χ1n) is 13.0. The number of primary amides is 1. The van der Waals surface area contributed by atoms with Crippen LogP contribution in [0.15, 0.2) is 42.5 Å². The Morgan fingerprint density at radius 2 is 1.82 bits per heavy atom. The van der Waals surface area contributed by atoms with E-state index in [1.54, 1.807) is 43.5 Å². The second-order valence-electron chi connectivity index (χ2n) is 9.78. The minimum atomic E-state index is -1.02. The number of nitrogens with zero attached hydrogens (tertiary/aromatic N) is 2. The van der Waals surface area contributed by atoms with Crippen LogP contribution >= 0.6 is 11.5 Å². The summed E-state index contributed by atoms with van der Waals surface area (Å²) < 4.78 is 20.3. The van der Waals surface area contributed by atoms with Crippen LogP contribution in [0.3, 0.4) is 0 Å². The Labute approximate surface area is 235 Å². The molecule has 2 heterocycles. The van der Waals surface area contributed by atoms with Crippen molar-refractivity contribution in [3.63, 3.8) is 0 Å². The number of nitrogen functional groups attached to an aromatic ring is 1. The van der Waals surface area contributed by atoms with Gasteiger partial charge in [-0.25, -0.2) is 0 Å². The lowest BCUT2D eigenvalue weighted by atomic mass is 9.94. The Morgan fingerprint density at radius 3 is 2.50 bits per heavy atom. The highest BCUT2D eigenvalue weighted by atomic mass is 32.1. The van der Waals surface area contributed by atoms with Gasteiger partial charge in [-0.05, 0) is 59.8 Å². The van der Waals surface area contributed by atoms with Gasteiger partial charge in [0.1, 0.15) is 16.7 Å². The molecule has 1 aliphatic carbocycles. The molecule has 1 aromatic heterocycles. The number of hydrogen-bond donors (Lipinski definition) is 3. The van der Waals surface area contributed by atoms with Gasteiger partial charge in [0.25, 0.3) is 11.8 Å². The molecule has 12 heteroatoms. The van der Waals surface area contributed by atoms with E-state index < -0.39 is 17.9 Å². The summed E-state index contributed by atoms with van der Waals surface area (Å²) in [5.41, 5.74) is 12.6. The fraction of sp³-hybridized carbons (Fsp3) is 0.357. The van der Waals surface area contributed by atoms with E-state index in [2.05, 4.69) is 9.69 Å². The predicted octanol–water partition coefficient (Wildman–Crippen LogP) is 3.39. The zero-order valence-corrected chi connectivity index (χ0v) is 22.9. The first kappa shape index (κ1) is 27.3. The van der Waals surface area contributed by atoms with Gasteiger partial charge in [-0.2, -0.15) is 4.37 Å². The van der Waals surface area contributed by atoms with Gasteiger partial charge in [0.05, 0.1) is 12.8 Å². The number of nitrogens with two attached hydrogens (primary N) is 2. The number of hydrogen-bond acceptors (Lipinski definition) is 9. The normalized spacial score (nSPS) is 15.3. The molecule has 1 saturated carbocycles. The number of nitrogens with one attached hydrogen (secondary N) is 1. The van der Waals surface area contributed by atoms with Crippen molar-refractivity contribution in [2.45, 2.75) is 50.7 Å². The van der Waals surface area contributed by atoms with E-state index in [4.69, 9.17) is 25.7 Å². The quantitative estimate of drug-likeness (QED) is 0.356. The summed E-state index contributed by atoms with van der Waals surface area (Å²) in [5.74, 6) is 0.0506. The number of aromatic nitrogens is 1. The second-order valence-corrected chi connectivity index (χ2v) is 10.6. The van der Waals surface area contributed by atoms with Gasteiger partial charge in [0.15, 0.2) is 17.2 Å². The van der Waals surface area contributed by atoms with E-state index in [0.717, 1.165) is 43.6 Å². The first-order valence-corrected chi connectivity index (χ1v) is 13.8. The molecule has 1 aliphatic heterocycles. The fourth-order valence-electron chi connectivity index (χ4n) is 5.06. The van der Waals surface area contributed by atoms with E-state index in [9.17, 15) is 14.4 Å². The van der Waals surface area contributed by atoms with E-state index >= 15 is 0 Å². The maximum Gasteiger partial charge on any atom is 0.270 e. The summed E-state index contributed by atoms with van der Waals surface area (Å²) in [6.07, 6.45) is 4.95. The van der Waals surface area contributed by atoms with Crippen LogP contribution in [-0.2, 0) is 11.3 Å². The molecular formula is C28H31N5O6S. The third-order valence-electron chi connectivity index (χ3n) is 7.15. The Hall–Kier alpha value is -4.32. The topological polar surface area (TPSA) is 159 Å². The molecule has 2 aromatic carbocycles. The molecule has 0 unspecified atom stereocenters. The zero-order chi connectivity index (χ0) is 28.2. The molecule has 5 N–H and O–H groups in total. The van der Waals surface area contributed by atoms with Crippen LogP contribution in [0.25, 0.3) is 0 Å². The number of amides is 3. The third-order valence-corrected chi connectivity index (χ3v) is 8.00. The summed E-state index contributed by atoms with van der Waals surface area (Å²) in [5, 5.41) is 3.17. The van der Waals surface area contributed by atoms with E-state index in [0.29, 0.717) is 28.4 Å². The number of benzene rings is 2. The molecular weight excluding hydrogens is 534 g/mol. The Bertz CT molecular complexity index is 1400. The van der Waals surface area contributed by atoms with Crippen LogP contribution in [0.1, 0.15) is 69.4 Å². The monoisotopic (exact) mass is 565 g/mol. The number of anilines is 1. The standard InChI is InChI=1S/C28H31N5O6S/c1-37-19-10-8-17(9-11-19)24(27(35)31-18-5-3-2-4-6-18)33(14-16-7-12-20-21(13-16)39-15-38-20)28(36)25-22(29)23(26(30)34)32-40-25/h7-13,18,24H,2-6,14-15,29H2,1H3,(H2,30,34)(H,31,35)/t24-/m1/s1. The highest BCUT2D eigenvalue weighted by molar-refractivity contribution is 7.09. The molecule has 40 heavy (non-hydrogen) atoms. The Balaban J connectivity index is 1.57. The SMILES string of the molecule is COc1ccc([C@H](C(=O)NC2CCCCC2)N(Cc2ccc3c(c2)OCO3)C(=O)c2snc(C(N)=O)c2N)cc1. The molecule has 1 atom stereocenters.